The van der Waals surface area contributed by atoms with Crippen LogP contribution in [0.25, 0.3) is 11.2 Å². The van der Waals surface area contributed by atoms with Crippen molar-refractivity contribution in [3.05, 3.63) is 28.3 Å². The molecule has 5 nitrogen and oxygen atoms in total. The van der Waals surface area contributed by atoms with Crippen molar-refractivity contribution in [3.8, 4) is 0 Å². The molecule has 1 fully saturated rings. The molecule has 0 spiro atoms. The third-order valence-electron chi connectivity index (χ3n) is 3.23. The number of H-pyrrole nitrogens is 2. The van der Waals surface area contributed by atoms with Crippen LogP contribution in [-0.4, -0.2) is 28.0 Å². The molecule has 1 aliphatic heterocycles. The summed E-state index contributed by atoms with van der Waals surface area (Å²) in [5, 5.41) is 3.34. The van der Waals surface area contributed by atoms with Crippen LogP contribution in [0.1, 0.15) is 28.6 Å². The molecule has 0 saturated carbocycles. The maximum absolute atomic E-state index is 11.3. The second-order valence-corrected chi connectivity index (χ2v) is 4.23. The van der Waals surface area contributed by atoms with Gasteiger partial charge in [0.2, 0.25) is 0 Å². The molecular weight excluding hydrogens is 204 g/mol. The van der Waals surface area contributed by atoms with Gasteiger partial charge in [0.05, 0.1) is 5.52 Å². The van der Waals surface area contributed by atoms with Crippen molar-refractivity contribution in [2.24, 2.45) is 0 Å². The van der Waals surface area contributed by atoms with Crippen LogP contribution >= 0.6 is 0 Å². The van der Waals surface area contributed by atoms with Gasteiger partial charge < -0.3 is 10.3 Å². The minimum absolute atomic E-state index is 0. The summed E-state index contributed by atoms with van der Waals surface area (Å²) in [5.41, 5.74) is 2.58. The van der Waals surface area contributed by atoms with E-state index >= 15 is 0 Å². The average Bonchev–Trinajstić information content (AvgIpc) is 2.70. The Bertz CT molecular complexity index is 562. The Kier molecular flexibility index (Phi) is 2.25. The fourth-order valence-electron chi connectivity index (χ4n) is 2.43. The van der Waals surface area contributed by atoms with Gasteiger partial charge in [0.1, 0.15) is 0 Å². The van der Waals surface area contributed by atoms with Crippen molar-refractivity contribution in [1.82, 2.24) is 20.3 Å². The molecule has 2 aromatic heterocycles. The molecule has 2 aromatic rings. The summed E-state index contributed by atoms with van der Waals surface area (Å²) in [7, 11) is 0. The van der Waals surface area contributed by atoms with Crippen molar-refractivity contribution < 1.29 is 4.28 Å². The lowest BCUT2D eigenvalue weighted by Gasteiger charge is -2.23. The summed E-state index contributed by atoms with van der Waals surface area (Å²) in [6.45, 7) is 2.09. The number of imidazole rings is 1. The van der Waals surface area contributed by atoms with E-state index < -0.39 is 0 Å². The van der Waals surface area contributed by atoms with Crippen LogP contribution in [0.5, 0.6) is 0 Å². The van der Waals surface area contributed by atoms with Gasteiger partial charge in [-0.3, -0.25) is 4.98 Å². The number of hydrogen-bond acceptors (Lipinski definition) is 3. The smallest absolute Gasteiger partial charge is 0.317 e. The summed E-state index contributed by atoms with van der Waals surface area (Å²) in [6, 6.07) is 2.02. The van der Waals surface area contributed by atoms with Gasteiger partial charge >= 0.3 is 5.69 Å². The lowest BCUT2D eigenvalue weighted by molar-refractivity contribution is 0.462. The molecule has 0 unspecified atom stereocenters. The lowest BCUT2D eigenvalue weighted by atomic mass is 9.90. The molecule has 1 saturated heterocycles. The Hall–Kier alpha value is -1.62. The average molecular weight is 224 g/mol. The van der Waals surface area contributed by atoms with Crippen LogP contribution in [0.2, 0.25) is 0 Å². The van der Waals surface area contributed by atoms with E-state index in [0.717, 1.165) is 31.4 Å². The number of pyridine rings is 1. The molecule has 3 heterocycles. The Balaban J connectivity index is 0.00000108. The van der Waals surface area contributed by atoms with Crippen LogP contribution in [0.3, 0.4) is 0 Å². The highest BCUT2D eigenvalue weighted by atomic mass is 16.1. The molecule has 0 amide bonds. The first-order valence-electron chi connectivity index (χ1n) is 5.62. The highest BCUT2D eigenvalue weighted by Crippen LogP contribution is 2.28. The fraction of sp³-hybridized carbons (Fsp3) is 0.455. The predicted octanol–water partition coefficient (Wildman–Crippen LogP) is 1.46. The van der Waals surface area contributed by atoms with Crippen molar-refractivity contribution in [3.63, 3.8) is 0 Å². The van der Waals surface area contributed by atoms with E-state index in [1.165, 1.54) is 5.56 Å². The van der Waals surface area contributed by atoms with E-state index in [0.29, 0.717) is 11.6 Å². The normalized spacial score (nSPS) is 18.0. The van der Waals surface area contributed by atoms with E-state index in [1.54, 1.807) is 6.20 Å². The third kappa shape index (κ3) is 1.53. The number of fused-ring (bicyclic) bond motifs is 1. The Morgan fingerprint density at radius 1 is 1.31 bits per heavy atom. The third-order valence-corrected chi connectivity index (χ3v) is 3.23. The molecule has 5 heteroatoms. The van der Waals surface area contributed by atoms with Crippen LogP contribution in [0.4, 0.5) is 0 Å². The van der Waals surface area contributed by atoms with E-state index in [2.05, 4.69) is 20.3 Å². The van der Waals surface area contributed by atoms with Crippen molar-refractivity contribution in [2.75, 3.05) is 13.1 Å². The largest absolute Gasteiger partial charge is 0.325 e. The van der Waals surface area contributed by atoms with Gasteiger partial charge in [0, 0.05) is 10.5 Å². The summed E-state index contributed by atoms with van der Waals surface area (Å²) in [4.78, 5) is 20.9. The lowest BCUT2D eigenvalue weighted by Crippen LogP contribution is -2.26. The van der Waals surface area contributed by atoms with E-state index in [4.69, 9.17) is 0 Å². The molecule has 0 aromatic carbocycles. The van der Waals surface area contributed by atoms with Gasteiger partial charge in [-0.1, -0.05) is 0 Å². The highest BCUT2D eigenvalue weighted by Gasteiger charge is 2.18. The number of nitrogens with zero attached hydrogens (tertiary/aromatic N) is 1. The maximum atomic E-state index is 11.3. The first-order valence-corrected chi connectivity index (χ1v) is 5.62. The topological polar surface area (TPSA) is 73.6 Å². The minimum atomic E-state index is -0.177. The van der Waals surface area contributed by atoms with Gasteiger partial charge in [-0.2, -0.15) is 0 Å². The molecule has 3 N–H and O–H groups in total. The standard InChI is InChI=1S/C11H14N4O.3H2/c16-11-14-9-8(3-6-13-10(9)15-11)7-1-4-12-5-2-7;;;/h3,6-7,12H,1-2,4-5H2,(H2,13,14,15,16);3*1H. The number of hydrogen-bond donors (Lipinski definition) is 3. The number of aromatic amines is 2. The van der Waals surface area contributed by atoms with Gasteiger partial charge in [-0.15, -0.1) is 0 Å². The second-order valence-electron chi connectivity index (χ2n) is 4.23. The molecule has 1 aliphatic rings. The zero-order chi connectivity index (χ0) is 11.0. The summed E-state index contributed by atoms with van der Waals surface area (Å²) in [5.74, 6) is 0.526. The predicted molar refractivity (Wildman–Crippen MR) is 67.9 cm³/mol. The van der Waals surface area contributed by atoms with Gasteiger partial charge in [0.15, 0.2) is 5.65 Å². The zero-order valence-electron chi connectivity index (χ0n) is 8.92. The summed E-state index contributed by atoms with van der Waals surface area (Å²) >= 11 is 0. The van der Waals surface area contributed by atoms with E-state index in [9.17, 15) is 4.79 Å². The highest BCUT2D eigenvalue weighted by molar-refractivity contribution is 5.74. The summed E-state index contributed by atoms with van der Waals surface area (Å²) in [6.07, 6.45) is 4.00. The summed E-state index contributed by atoms with van der Waals surface area (Å²) < 4.78 is 0. The first-order chi connectivity index (χ1) is 7.84. The number of nitrogens with one attached hydrogen (secondary N) is 3. The van der Waals surface area contributed by atoms with Gasteiger partial charge in [-0.05, 0) is 43.5 Å². The first kappa shape index (κ1) is 9.59. The Morgan fingerprint density at radius 2 is 2.12 bits per heavy atom. The van der Waals surface area contributed by atoms with Crippen LogP contribution in [0.15, 0.2) is 17.1 Å². The van der Waals surface area contributed by atoms with E-state index in [1.807, 2.05) is 6.07 Å². The number of rotatable bonds is 1. The molecule has 0 aliphatic carbocycles. The van der Waals surface area contributed by atoms with Crippen molar-refractivity contribution >= 4 is 11.2 Å². The molecule has 0 bridgehead atoms. The number of aromatic nitrogens is 3. The molecule has 90 valence electrons. The van der Waals surface area contributed by atoms with E-state index in [-0.39, 0.29) is 9.97 Å². The van der Waals surface area contributed by atoms with Gasteiger partial charge in [0.25, 0.3) is 0 Å². The van der Waals surface area contributed by atoms with Crippen LogP contribution in [-0.2, 0) is 0 Å². The molecule has 0 radical (unpaired) electrons. The van der Waals surface area contributed by atoms with Crippen LogP contribution < -0.4 is 11.0 Å². The van der Waals surface area contributed by atoms with Crippen LogP contribution in [0, 0.1) is 0 Å². The zero-order valence-corrected chi connectivity index (χ0v) is 8.92. The second kappa shape index (κ2) is 3.75. The Morgan fingerprint density at radius 3 is 2.94 bits per heavy atom. The SMILES string of the molecule is O=c1[nH]c2nccc(C3CCNCC3)c2[nH]1.[HH].[HH].[HH]. The molecule has 0 atom stereocenters. The molecule has 16 heavy (non-hydrogen) atoms. The Labute approximate surface area is 96.7 Å². The molecular formula is C11H20N4O. The molecule has 3 rings (SSSR count). The monoisotopic (exact) mass is 224 g/mol. The van der Waals surface area contributed by atoms with Crippen molar-refractivity contribution in [1.29, 1.82) is 0 Å². The maximum Gasteiger partial charge on any atom is 0.325 e. The van der Waals surface area contributed by atoms with Crippen molar-refractivity contribution in [2.45, 2.75) is 18.8 Å². The quantitative estimate of drug-likeness (QED) is 0.686. The minimum Gasteiger partial charge on any atom is -0.317 e. The van der Waals surface area contributed by atoms with Gasteiger partial charge in [-0.25, -0.2) is 9.78 Å². The fourth-order valence-corrected chi connectivity index (χ4v) is 2.43. The number of piperidine rings is 1.